The lowest BCUT2D eigenvalue weighted by Gasteiger charge is -2.19. The van der Waals surface area contributed by atoms with Crippen LogP contribution in [0.2, 0.25) is 0 Å². The minimum absolute atomic E-state index is 0.457. The molecule has 1 saturated carbocycles. The molecule has 1 aromatic rings. The lowest BCUT2D eigenvalue weighted by molar-refractivity contribution is 0.391. The van der Waals surface area contributed by atoms with Gasteiger partial charge < -0.3 is 5.32 Å². The Bertz CT molecular complexity index is 273. The highest BCUT2D eigenvalue weighted by Crippen LogP contribution is 2.17. The van der Waals surface area contributed by atoms with Crippen molar-refractivity contribution in [3.63, 3.8) is 0 Å². The minimum atomic E-state index is 0.457. The Balaban J connectivity index is 1.73. The van der Waals surface area contributed by atoms with Gasteiger partial charge in [-0.05, 0) is 25.8 Å². The van der Waals surface area contributed by atoms with Gasteiger partial charge in [0, 0.05) is 25.0 Å². The van der Waals surface area contributed by atoms with Crippen LogP contribution in [-0.4, -0.2) is 22.4 Å². The monoisotopic (exact) mass is 221 g/mol. The molecule has 0 aromatic carbocycles. The van der Waals surface area contributed by atoms with Crippen molar-refractivity contribution in [3.05, 3.63) is 18.5 Å². The Morgan fingerprint density at radius 3 is 2.69 bits per heavy atom. The molecule has 16 heavy (non-hydrogen) atoms. The lowest BCUT2D eigenvalue weighted by Crippen LogP contribution is -2.33. The van der Waals surface area contributed by atoms with Crippen LogP contribution < -0.4 is 5.32 Å². The fourth-order valence-corrected chi connectivity index (χ4v) is 2.46. The summed E-state index contributed by atoms with van der Waals surface area (Å²) in [6.07, 6.45) is 12.2. The van der Waals surface area contributed by atoms with E-state index in [0.717, 1.165) is 12.6 Å². The summed E-state index contributed by atoms with van der Waals surface area (Å²) in [5, 5.41) is 7.96. The van der Waals surface area contributed by atoms with Gasteiger partial charge in [0.1, 0.15) is 0 Å². The third-order valence-electron chi connectivity index (χ3n) is 3.53. The van der Waals surface area contributed by atoms with Crippen molar-refractivity contribution in [2.75, 3.05) is 6.54 Å². The second-order valence-electron chi connectivity index (χ2n) is 4.93. The summed E-state index contributed by atoms with van der Waals surface area (Å²) in [6.45, 7) is 3.25. The first-order chi connectivity index (χ1) is 7.86. The number of hydrogen-bond donors (Lipinski definition) is 1. The molecular formula is C13H23N3. The Hall–Kier alpha value is -0.830. The highest BCUT2D eigenvalue weighted by molar-refractivity contribution is 4.82. The first kappa shape index (κ1) is 11.6. The van der Waals surface area contributed by atoms with E-state index < -0.39 is 0 Å². The molecule has 1 fully saturated rings. The molecule has 0 bridgehead atoms. The molecule has 2 rings (SSSR count). The van der Waals surface area contributed by atoms with Gasteiger partial charge in [0.05, 0.1) is 6.04 Å². The van der Waals surface area contributed by atoms with Gasteiger partial charge in [-0.3, -0.25) is 4.68 Å². The van der Waals surface area contributed by atoms with Crippen LogP contribution in [0.1, 0.15) is 51.5 Å². The third-order valence-corrected chi connectivity index (χ3v) is 3.53. The van der Waals surface area contributed by atoms with Crippen LogP contribution in [0.25, 0.3) is 0 Å². The van der Waals surface area contributed by atoms with Gasteiger partial charge in [-0.25, -0.2) is 0 Å². The van der Waals surface area contributed by atoms with E-state index in [2.05, 4.69) is 17.3 Å². The van der Waals surface area contributed by atoms with Gasteiger partial charge in [0.2, 0.25) is 0 Å². The molecule has 0 radical (unpaired) electrons. The van der Waals surface area contributed by atoms with Crippen LogP contribution in [0, 0.1) is 0 Å². The second kappa shape index (κ2) is 6.04. The molecule has 1 N–H and O–H groups in total. The predicted molar refractivity (Wildman–Crippen MR) is 66.4 cm³/mol. The Labute approximate surface area is 98.2 Å². The number of aromatic nitrogens is 2. The maximum absolute atomic E-state index is 4.28. The van der Waals surface area contributed by atoms with Gasteiger partial charge in [-0.15, -0.1) is 0 Å². The smallest absolute Gasteiger partial charge is 0.0615 e. The van der Waals surface area contributed by atoms with E-state index in [4.69, 9.17) is 0 Å². The van der Waals surface area contributed by atoms with E-state index in [1.54, 1.807) is 0 Å². The Morgan fingerprint density at radius 2 is 2.06 bits per heavy atom. The largest absolute Gasteiger partial charge is 0.312 e. The van der Waals surface area contributed by atoms with Crippen LogP contribution in [-0.2, 0) is 0 Å². The molecule has 0 amide bonds. The lowest BCUT2D eigenvalue weighted by atomic mass is 10.1. The highest BCUT2D eigenvalue weighted by Gasteiger charge is 2.13. The van der Waals surface area contributed by atoms with Gasteiger partial charge in [0.25, 0.3) is 0 Å². The fourth-order valence-electron chi connectivity index (χ4n) is 2.46. The van der Waals surface area contributed by atoms with E-state index in [1.165, 1.54) is 38.5 Å². The van der Waals surface area contributed by atoms with E-state index in [-0.39, 0.29) is 0 Å². The van der Waals surface area contributed by atoms with Crippen molar-refractivity contribution < 1.29 is 0 Å². The van der Waals surface area contributed by atoms with Crippen molar-refractivity contribution in [3.8, 4) is 0 Å². The van der Waals surface area contributed by atoms with Gasteiger partial charge in [-0.2, -0.15) is 5.10 Å². The van der Waals surface area contributed by atoms with E-state index >= 15 is 0 Å². The molecule has 0 aliphatic heterocycles. The predicted octanol–water partition coefficient (Wildman–Crippen LogP) is 2.76. The van der Waals surface area contributed by atoms with Crippen molar-refractivity contribution in [2.45, 2.75) is 57.5 Å². The molecule has 1 aromatic heterocycles. The van der Waals surface area contributed by atoms with Crippen LogP contribution in [0.15, 0.2) is 18.5 Å². The van der Waals surface area contributed by atoms with Gasteiger partial charge >= 0.3 is 0 Å². The number of nitrogens with one attached hydrogen (secondary N) is 1. The van der Waals surface area contributed by atoms with E-state index in [9.17, 15) is 0 Å². The normalized spacial score (nSPS) is 20.6. The first-order valence-corrected chi connectivity index (χ1v) is 6.59. The molecule has 3 nitrogen and oxygen atoms in total. The summed E-state index contributed by atoms with van der Waals surface area (Å²) < 4.78 is 2.03. The molecular weight excluding hydrogens is 198 g/mol. The molecule has 0 spiro atoms. The summed E-state index contributed by atoms with van der Waals surface area (Å²) in [7, 11) is 0. The fraction of sp³-hybridized carbons (Fsp3) is 0.769. The van der Waals surface area contributed by atoms with Crippen LogP contribution in [0.4, 0.5) is 0 Å². The molecule has 1 aliphatic carbocycles. The zero-order valence-electron chi connectivity index (χ0n) is 10.2. The molecule has 1 unspecified atom stereocenters. The maximum Gasteiger partial charge on any atom is 0.0615 e. The van der Waals surface area contributed by atoms with E-state index in [0.29, 0.717) is 6.04 Å². The summed E-state index contributed by atoms with van der Waals surface area (Å²) in [5.74, 6) is 0. The number of hydrogen-bond acceptors (Lipinski definition) is 2. The third kappa shape index (κ3) is 3.34. The van der Waals surface area contributed by atoms with Crippen molar-refractivity contribution in [1.29, 1.82) is 0 Å². The molecule has 1 atom stereocenters. The van der Waals surface area contributed by atoms with Gasteiger partial charge in [-0.1, -0.05) is 25.7 Å². The standard InChI is InChI=1S/C13H23N3/c1-12(16-10-6-9-15-16)11-14-13-7-4-2-3-5-8-13/h6,9-10,12-14H,2-5,7-8,11H2,1H3. The molecule has 0 saturated heterocycles. The molecule has 90 valence electrons. The Morgan fingerprint density at radius 1 is 1.31 bits per heavy atom. The van der Waals surface area contributed by atoms with Crippen molar-refractivity contribution in [2.24, 2.45) is 0 Å². The van der Waals surface area contributed by atoms with E-state index in [1.807, 2.05) is 23.1 Å². The van der Waals surface area contributed by atoms with Crippen LogP contribution in [0.5, 0.6) is 0 Å². The molecule has 1 aliphatic rings. The second-order valence-corrected chi connectivity index (χ2v) is 4.93. The highest BCUT2D eigenvalue weighted by atomic mass is 15.3. The van der Waals surface area contributed by atoms with Crippen LogP contribution in [0.3, 0.4) is 0 Å². The summed E-state index contributed by atoms with van der Waals surface area (Å²) in [6, 6.07) is 3.18. The average Bonchev–Trinajstić information content (AvgIpc) is 2.71. The summed E-state index contributed by atoms with van der Waals surface area (Å²) in [4.78, 5) is 0. The number of rotatable bonds is 4. The van der Waals surface area contributed by atoms with Crippen molar-refractivity contribution >= 4 is 0 Å². The average molecular weight is 221 g/mol. The molecule has 3 heteroatoms. The number of nitrogens with zero attached hydrogens (tertiary/aromatic N) is 2. The minimum Gasteiger partial charge on any atom is -0.312 e. The quantitative estimate of drug-likeness (QED) is 0.792. The van der Waals surface area contributed by atoms with Gasteiger partial charge in [0.15, 0.2) is 0 Å². The topological polar surface area (TPSA) is 29.9 Å². The summed E-state index contributed by atoms with van der Waals surface area (Å²) >= 11 is 0. The first-order valence-electron chi connectivity index (χ1n) is 6.59. The zero-order chi connectivity index (χ0) is 11.2. The molecule has 1 heterocycles. The SMILES string of the molecule is CC(CNC1CCCCCC1)n1cccn1. The Kier molecular flexibility index (Phi) is 4.40. The zero-order valence-corrected chi connectivity index (χ0v) is 10.2. The van der Waals surface area contributed by atoms with Crippen LogP contribution >= 0.6 is 0 Å². The van der Waals surface area contributed by atoms with Crippen molar-refractivity contribution in [1.82, 2.24) is 15.1 Å². The maximum atomic E-state index is 4.28. The summed E-state index contributed by atoms with van der Waals surface area (Å²) in [5.41, 5.74) is 0.